The number of anilines is 1. The molecule has 0 aliphatic heterocycles. The first kappa shape index (κ1) is 18.3. The van der Waals surface area contributed by atoms with Gasteiger partial charge in [-0.15, -0.1) is 0 Å². The largest absolute Gasteiger partial charge is 0.493 e. The molecule has 0 unspecified atom stereocenters. The number of methoxy groups -OCH3 is 5. The number of rotatable bonds is 7. The first-order valence-corrected chi connectivity index (χ1v) is 7.37. The van der Waals surface area contributed by atoms with Gasteiger partial charge in [0.1, 0.15) is 0 Å². The van der Waals surface area contributed by atoms with Crippen LogP contribution in [-0.4, -0.2) is 41.3 Å². The Balaban J connectivity index is 2.66. The molecule has 2 aromatic rings. The number of hydrogen-bond acceptors (Lipinski definition) is 7. The molecule has 25 heavy (non-hydrogen) atoms. The zero-order valence-electron chi connectivity index (χ0n) is 14.8. The highest BCUT2D eigenvalue weighted by Crippen LogP contribution is 2.41. The van der Waals surface area contributed by atoms with E-state index in [0.717, 1.165) is 0 Å². The van der Waals surface area contributed by atoms with Crippen LogP contribution in [0, 0.1) is 0 Å². The number of ketones is 1. The maximum atomic E-state index is 13.1. The van der Waals surface area contributed by atoms with E-state index < -0.39 is 0 Å². The predicted molar refractivity (Wildman–Crippen MR) is 93.5 cm³/mol. The summed E-state index contributed by atoms with van der Waals surface area (Å²) >= 11 is 0. The van der Waals surface area contributed by atoms with Crippen LogP contribution < -0.4 is 29.4 Å². The van der Waals surface area contributed by atoms with E-state index in [4.69, 9.17) is 29.4 Å². The summed E-state index contributed by atoms with van der Waals surface area (Å²) in [6, 6.07) is 6.34. The van der Waals surface area contributed by atoms with E-state index in [1.54, 1.807) is 24.3 Å². The Morgan fingerprint density at radius 1 is 0.760 bits per heavy atom. The Hall–Kier alpha value is -3.09. The average Bonchev–Trinajstić information content (AvgIpc) is 2.65. The highest BCUT2D eigenvalue weighted by molar-refractivity contribution is 6.15. The molecule has 7 heteroatoms. The molecule has 0 bridgehead atoms. The van der Waals surface area contributed by atoms with Crippen LogP contribution in [0.2, 0.25) is 0 Å². The molecule has 2 N–H and O–H groups in total. The smallest absolute Gasteiger partial charge is 0.203 e. The van der Waals surface area contributed by atoms with Gasteiger partial charge in [-0.25, -0.2) is 0 Å². The number of nitrogens with two attached hydrogens (primary N) is 1. The molecule has 2 rings (SSSR count). The molecule has 0 saturated heterocycles. The van der Waals surface area contributed by atoms with Crippen molar-refractivity contribution in [3.63, 3.8) is 0 Å². The van der Waals surface area contributed by atoms with Gasteiger partial charge in [0.2, 0.25) is 5.75 Å². The maximum Gasteiger partial charge on any atom is 0.203 e. The molecule has 0 atom stereocenters. The van der Waals surface area contributed by atoms with Crippen molar-refractivity contribution in [2.45, 2.75) is 0 Å². The maximum absolute atomic E-state index is 13.1. The van der Waals surface area contributed by atoms with Crippen molar-refractivity contribution in [3.05, 3.63) is 35.4 Å². The number of ether oxygens (including phenoxy) is 5. The molecule has 0 fully saturated rings. The third-order valence-corrected chi connectivity index (χ3v) is 3.73. The minimum absolute atomic E-state index is 0.205. The van der Waals surface area contributed by atoms with Gasteiger partial charge in [0.25, 0.3) is 0 Å². The summed E-state index contributed by atoms with van der Waals surface area (Å²) in [5.74, 6) is 1.45. The van der Waals surface area contributed by atoms with Crippen LogP contribution in [0.25, 0.3) is 0 Å². The Labute approximate surface area is 146 Å². The Morgan fingerprint density at radius 2 is 1.28 bits per heavy atom. The SMILES string of the molecule is COc1cc(C(=O)c2c(N)ccc(OC)c2OC)cc(OC)c1OC. The second kappa shape index (κ2) is 7.65. The summed E-state index contributed by atoms with van der Waals surface area (Å²) < 4.78 is 26.4. The monoisotopic (exact) mass is 347 g/mol. The Kier molecular flexibility index (Phi) is 5.59. The van der Waals surface area contributed by atoms with Crippen LogP contribution in [0.3, 0.4) is 0 Å². The summed E-state index contributed by atoms with van der Waals surface area (Å²) in [7, 11) is 7.38. The second-order valence-electron chi connectivity index (χ2n) is 5.01. The van der Waals surface area contributed by atoms with Gasteiger partial charge in [0.15, 0.2) is 28.8 Å². The Morgan fingerprint density at radius 3 is 1.72 bits per heavy atom. The lowest BCUT2D eigenvalue weighted by Gasteiger charge is -2.16. The molecule has 0 aliphatic carbocycles. The number of carbonyl (C=O) groups is 1. The highest BCUT2D eigenvalue weighted by Gasteiger charge is 2.24. The lowest BCUT2D eigenvalue weighted by atomic mass is 9.99. The van der Waals surface area contributed by atoms with E-state index in [-0.39, 0.29) is 22.8 Å². The number of carbonyl (C=O) groups excluding carboxylic acids is 1. The molecular weight excluding hydrogens is 326 g/mol. The fraction of sp³-hybridized carbons (Fsp3) is 0.278. The topological polar surface area (TPSA) is 89.2 Å². The van der Waals surface area contributed by atoms with Crippen LogP contribution in [0.1, 0.15) is 15.9 Å². The minimum Gasteiger partial charge on any atom is -0.493 e. The zero-order chi connectivity index (χ0) is 18.6. The molecule has 0 radical (unpaired) electrons. The molecule has 0 saturated carbocycles. The third-order valence-electron chi connectivity index (χ3n) is 3.73. The minimum atomic E-state index is -0.354. The summed E-state index contributed by atoms with van der Waals surface area (Å²) in [5, 5.41) is 0. The number of benzene rings is 2. The fourth-order valence-electron chi connectivity index (χ4n) is 2.53. The van der Waals surface area contributed by atoms with Crippen molar-refractivity contribution in [2.24, 2.45) is 0 Å². The van der Waals surface area contributed by atoms with E-state index in [2.05, 4.69) is 0 Å². The van der Waals surface area contributed by atoms with E-state index in [1.165, 1.54) is 35.5 Å². The second-order valence-corrected chi connectivity index (χ2v) is 5.01. The van der Waals surface area contributed by atoms with Gasteiger partial charge in [0.05, 0.1) is 41.1 Å². The van der Waals surface area contributed by atoms with Crippen molar-refractivity contribution in [3.8, 4) is 28.7 Å². The van der Waals surface area contributed by atoms with Gasteiger partial charge in [-0.1, -0.05) is 0 Å². The summed E-state index contributed by atoms with van der Waals surface area (Å²) in [6.45, 7) is 0. The van der Waals surface area contributed by atoms with Gasteiger partial charge in [0, 0.05) is 11.3 Å². The van der Waals surface area contributed by atoms with Crippen LogP contribution in [0.5, 0.6) is 28.7 Å². The molecule has 0 heterocycles. The lowest BCUT2D eigenvalue weighted by Crippen LogP contribution is -2.10. The average molecular weight is 347 g/mol. The first-order valence-electron chi connectivity index (χ1n) is 7.37. The van der Waals surface area contributed by atoms with Crippen LogP contribution in [-0.2, 0) is 0 Å². The fourth-order valence-corrected chi connectivity index (χ4v) is 2.53. The number of nitrogen functional groups attached to an aromatic ring is 1. The van der Waals surface area contributed by atoms with Crippen LogP contribution in [0.4, 0.5) is 5.69 Å². The molecule has 0 aliphatic rings. The standard InChI is InChI=1S/C18H21NO6/c1-21-12-7-6-11(19)15(18(12)25-5)16(20)10-8-13(22-2)17(24-4)14(9-10)23-3/h6-9H,19H2,1-5H3. The normalized spacial score (nSPS) is 10.1. The van der Waals surface area contributed by atoms with Crippen molar-refractivity contribution in [2.75, 3.05) is 41.3 Å². The highest BCUT2D eigenvalue weighted by atomic mass is 16.5. The van der Waals surface area contributed by atoms with Gasteiger partial charge in [-0.05, 0) is 24.3 Å². The van der Waals surface area contributed by atoms with Crippen molar-refractivity contribution in [1.29, 1.82) is 0 Å². The lowest BCUT2D eigenvalue weighted by molar-refractivity contribution is 0.103. The van der Waals surface area contributed by atoms with Crippen molar-refractivity contribution in [1.82, 2.24) is 0 Å². The molecule has 0 amide bonds. The molecule has 0 aromatic heterocycles. The van der Waals surface area contributed by atoms with E-state index >= 15 is 0 Å². The summed E-state index contributed by atoms with van der Waals surface area (Å²) in [4.78, 5) is 13.1. The number of hydrogen-bond donors (Lipinski definition) is 1. The van der Waals surface area contributed by atoms with E-state index in [9.17, 15) is 4.79 Å². The summed E-state index contributed by atoms with van der Waals surface area (Å²) in [5.41, 5.74) is 6.80. The molecule has 134 valence electrons. The van der Waals surface area contributed by atoms with E-state index in [1.807, 2.05) is 0 Å². The van der Waals surface area contributed by atoms with Crippen LogP contribution >= 0.6 is 0 Å². The van der Waals surface area contributed by atoms with Gasteiger partial charge >= 0.3 is 0 Å². The zero-order valence-corrected chi connectivity index (χ0v) is 14.8. The molecular formula is C18H21NO6. The predicted octanol–water partition coefficient (Wildman–Crippen LogP) is 2.54. The van der Waals surface area contributed by atoms with Gasteiger partial charge in [-0.2, -0.15) is 0 Å². The third kappa shape index (κ3) is 3.26. The van der Waals surface area contributed by atoms with E-state index in [0.29, 0.717) is 28.6 Å². The molecule has 2 aromatic carbocycles. The van der Waals surface area contributed by atoms with Crippen molar-refractivity contribution >= 4 is 11.5 Å². The van der Waals surface area contributed by atoms with Gasteiger partial charge < -0.3 is 29.4 Å². The van der Waals surface area contributed by atoms with Crippen LogP contribution in [0.15, 0.2) is 24.3 Å². The van der Waals surface area contributed by atoms with Gasteiger partial charge in [-0.3, -0.25) is 4.79 Å². The summed E-state index contributed by atoms with van der Waals surface area (Å²) in [6.07, 6.45) is 0. The first-order chi connectivity index (χ1) is 12.0. The Bertz CT molecular complexity index is 762. The molecule has 0 spiro atoms. The van der Waals surface area contributed by atoms with Crippen molar-refractivity contribution < 1.29 is 28.5 Å². The molecule has 7 nitrogen and oxygen atoms in total. The quantitative estimate of drug-likeness (QED) is 0.608.